The third kappa shape index (κ3) is 3.15. The van der Waals surface area contributed by atoms with Crippen LogP contribution >= 0.6 is 0 Å². The van der Waals surface area contributed by atoms with Crippen LogP contribution in [-0.2, 0) is 4.74 Å². The number of likely N-dealkylation sites (N-methyl/N-ethyl adjacent to an activating group) is 1. The monoisotopic (exact) mass is 253 g/mol. The highest BCUT2D eigenvalue weighted by molar-refractivity contribution is 5.47. The molecule has 2 unspecified atom stereocenters. The number of hydrogen-bond donors (Lipinski definition) is 1. The molecule has 0 heterocycles. The van der Waals surface area contributed by atoms with E-state index in [4.69, 9.17) is 14.2 Å². The smallest absolute Gasteiger partial charge is 0.127 e. The molecule has 0 amide bonds. The second-order valence-corrected chi connectivity index (χ2v) is 4.05. The molecule has 1 N–H and O–H groups in total. The van der Waals surface area contributed by atoms with Crippen LogP contribution in [0.4, 0.5) is 0 Å². The van der Waals surface area contributed by atoms with E-state index < -0.39 is 0 Å². The van der Waals surface area contributed by atoms with Crippen molar-refractivity contribution in [2.75, 3.05) is 27.9 Å². The Kier molecular flexibility index (Phi) is 5.95. The first-order valence-electron chi connectivity index (χ1n) is 6.16. The zero-order valence-electron chi connectivity index (χ0n) is 11.8. The molecule has 0 spiro atoms. The van der Waals surface area contributed by atoms with Gasteiger partial charge in [0.25, 0.3) is 0 Å². The summed E-state index contributed by atoms with van der Waals surface area (Å²) in [6.45, 7) is 4.94. The maximum absolute atomic E-state index is 5.44. The van der Waals surface area contributed by atoms with E-state index in [9.17, 15) is 0 Å². The number of ether oxygens (including phenoxy) is 3. The molecule has 18 heavy (non-hydrogen) atoms. The molecule has 0 fully saturated rings. The summed E-state index contributed by atoms with van der Waals surface area (Å²) in [5.74, 6) is 1.62. The highest BCUT2D eigenvalue weighted by atomic mass is 16.5. The molecule has 0 aromatic heterocycles. The van der Waals surface area contributed by atoms with Gasteiger partial charge in [0.15, 0.2) is 0 Å². The highest BCUT2D eigenvalue weighted by Crippen LogP contribution is 2.36. The number of rotatable bonds is 7. The number of nitrogens with one attached hydrogen (secondary N) is 1. The number of benzene rings is 1. The van der Waals surface area contributed by atoms with Crippen LogP contribution in [0.3, 0.4) is 0 Å². The van der Waals surface area contributed by atoms with Crippen molar-refractivity contribution in [1.29, 1.82) is 0 Å². The molecule has 0 aliphatic carbocycles. The largest absolute Gasteiger partial charge is 0.496 e. The van der Waals surface area contributed by atoms with E-state index in [0.717, 1.165) is 23.6 Å². The zero-order chi connectivity index (χ0) is 13.5. The molecule has 0 bridgehead atoms. The molecule has 4 heteroatoms. The topological polar surface area (TPSA) is 39.7 Å². The molecular formula is C14H23NO3. The fourth-order valence-corrected chi connectivity index (χ4v) is 2.05. The maximum Gasteiger partial charge on any atom is 0.127 e. The van der Waals surface area contributed by atoms with Gasteiger partial charge in [-0.05, 0) is 25.6 Å². The molecule has 1 aromatic carbocycles. The van der Waals surface area contributed by atoms with Crippen molar-refractivity contribution >= 4 is 0 Å². The molecule has 0 saturated carbocycles. The molecule has 0 aliphatic rings. The fourth-order valence-electron chi connectivity index (χ4n) is 2.05. The van der Waals surface area contributed by atoms with Gasteiger partial charge < -0.3 is 19.5 Å². The van der Waals surface area contributed by atoms with Gasteiger partial charge in [0.1, 0.15) is 11.5 Å². The second kappa shape index (κ2) is 7.24. The Bertz CT molecular complexity index is 346. The van der Waals surface area contributed by atoms with Crippen molar-refractivity contribution in [3.05, 3.63) is 23.8 Å². The summed E-state index contributed by atoms with van der Waals surface area (Å²) in [6.07, 6.45) is 0.0233. The Morgan fingerprint density at radius 3 is 2.06 bits per heavy atom. The van der Waals surface area contributed by atoms with Gasteiger partial charge in [-0.3, -0.25) is 0 Å². The fraction of sp³-hybridized carbons (Fsp3) is 0.571. The first-order chi connectivity index (χ1) is 8.69. The Morgan fingerprint density at radius 1 is 1.11 bits per heavy atom. The van der Waals surface area contributed by atoms with E-state index in [-0.39, 0.29) is 12.1 Å². The van der Waals surface area contributed by atoms with Gasteiger partial charge in [-0.15, -0.1) is 0 Å². The normalized spacial score (nSPS) is 14.1. The number of hydrogen-bond acceptors (Lipinski definition) is 4. The average Bonchev–Trinajstić information content (AvgIpc) is 2.43. The molecule has 4 nitrogen and oxygen atoms in total. The Balaban J connectivity index is 3.23. The van der Waals surface area contributed by atoms with E-state index in [2.05, 4.69) is 12.2 Å². The van der Waals surface area contributed by atoms with Crippen molar-refractivity contribution in [3.63, 3.8) is 0 Å². The van der Waals surface area contributed by atoms with E-state index in [1.165, 1.54) is 0 Å². The quantitative estimate of drug-likeness (QED) is 0.810. The van der Waals surface area contributed by atoms with Crippen LogP contribution in [0.25, 0.3) is 0 Å². The van der Waals surface area contributed by atoms with Gasteiger partial charge in [-0.25, -0.2) is 0 Å². The van der Waals surface area contributed by atoms with Gasteiger partial charge in [0.2, 0.25) is 0 Å². The van der Waals surface area contributed by atoms with Crippen LogP contribution in [0.1, 0.15) is 25.5 Å². The van der Waals surface area contributed by atoms with E-state index in [0.29, 0.717) is 0 Å². The van der Waals surface area contributed by atoms with E-state index >= 15 is 0 Å². The molecule has 1 rings (SSSR count). The summed E-state index contributed by atoms with van der Waals surface area (Å²) in [5.41, 5.74) is 0.999. The summed E-state index contributed by atoms with van der Waals surface area (Å²) in [4.78, 5) is 0. The van der Waals surface area contributed by atoms with Crippen LogP contribution in [0.5, 0.6) is 11.5 Å². The summed E-state index contributed by atoms with van der Waals surface area (Å²) in [7, 11) is 5.04. The summed E-state index contributed by atoms with van der Waals surface area (Å²) < 4.78 is 16.3. The van der Waals surface area contributed by atoms with Crippen LogP contribution in [0.15, 0.2) is 18.2 Å². The van der Waals surface area contributed by atoms with Crippen molar-refractivity contribution in [2.45, 2.75) is 26.0 Å². The van der Waals surface area contributed by atoms with E-state index in [1.54, 1.807) is 21.3 Å². The lowest BCUT2D eigenvalue weighted by Gasteiger charge is -2.27. The van der Waals surface area contributed by atoms with Crippen molar-refractivity contribution in [3.8, 4) is 11.5 Å². The van der Waals surface area contributed by atoms with Gasteiger partial charge in [0, 0.05) is 7.11 Å². The second-order valence-electron chi connectivity index (χ2n) is 4.05. The predicted molar refractivity (Wildman–Crippen MR) is 72.4 cm³/mol. The summed E-state index contributed by atoms with van der Waals surface area (Å²) in [5, 5.41) is 3.41. The standard InChI is InChI=1S/C14H23NO3/c1-6-15-14(10(2)16-3)13-11(17-4)8-7-9-12(13)18-5/h7-10,14-15H,6H2,1-5H3. The molecular weight excluding hydrogens is 230 g/mol. The Labute approximate surface area is 109 Å². The third-order valence-corrected chi connectivity index (χ3v) is 3.04. The molecule has 0 saturated heterocycles. The SMILES string of the molecule is CCNC(c1c(OC)cccc1OC)C(C)OC. The van der Waals surface area contributed by atoms with E-state index in [1.807, 2.05) is 25.1 Å². The van der Waals surface area contributed by atoms with Crippen LogP contribution in [0, 0.1) is 0 Å². The summed E-state index contributed by atoms with van der Waals surface area (Å²) >= 11 is 0. The first-order valence-corrected chi connectivity index (χ1v) is 6.16. The lowest BCUT2D eigenvalue weighted by atomic mass is 9.99. The molecule has 102 valence electrons. The highest BCUT2D eigenvalue weighted by Gasteiger charge is 2.25. The lowest BCUT2D eigenvalue weighted by Crippen LogP contribution is -2.32. The van der Waals surface area contributed by atoms with Crippen LogP contribution < -0.4 is 14.8 Å². The van der Waals surface area contributed by atoms with Gasteiger partial charge in [0.05, 0.1) is 31.9 Å². The van der Waals surface area contributed by atoms with Crippen molar-refractivity contribution < 1.29 is 14.2 Å². The Morgan fingerprint density at radius 2 is 1.67 bits per heavy atom. The van der Waals surface area contributed by atoms with Crippen LogP contribution in [-0.4, -0.2) is 34.0 Å². The molecule has 2 atom stereocenters. The minimum Gasteiger partial charge on any atom is -0.496 e. The molecule has 0 aliphatic heterocycles. The Hall–Kier alpha value is -1.26. The molecule has 1 aromatic rings. The third-order valence-electron chi connectivity index (χ3n) is 3.04. The number of methoxy groups -OCH3 is 3. The van der Waals surface area contributed by atoms with Crippen LogP contribution in [0.2, 0.25) is 0 Å². The first kappa shape index (κ1) is 14.8. The van der Waals surface area contributed by atoms with Gasteiger partial charge in [-0.2, -0.15) is 0 Å². The van der Waals surface area contributed by atoms with Crippen molar-refractivity contribution in [1.82, 2.24) is 5.32 Å². The predicted octanol–water partition coefficient (Wildman–Crippen LogP) is 2.39. The van der Waals surface area contributed by atoms with Gasteiger partial charge in [-0.1, -0.05) is 13.0 Å². The molecule has 0 radical (unpaired) electrons. The maximum atomic E-state index is 5.44. The minimum absolute atomic E-state index is 0.0233. The minimum atomic E-state index is 0.0233. The summed E-state index contributed by atoms with van der Waals surface area (Å²) in [6, 6.07) is 5.82. The lowest BCUT2D eigenvalue weighted by molar-refractivity contribution is 0.0817. The zero-order valence-corrected chi connectivity index (χ0v) is 11.8. The average molecular weight is 253 g/mol. The van der Waals surface area contributed by atoms with Gasteiger partial charge >= 0.3 is 0 Å². The van der Waals surface area contributed by atoms with Crippen molar-refractivity contribution in [2.24, 2.45) is 0 Å².